The lowest BCUT2D eigenvalue weighted by molar-refractivity contribution is -0.119. The Hall–Kier alpha value is -3.48. The summed E-state index contributed by atoms with van der Waals surface area (Å²) in [6.07, 6.45) is -2.22. The zero-order chi connectivity index (χ0) is 22.8. The van der Waals surface area contributed by atoms with Crippen LogP contribution in [0.4, 0.5) is 25.7 Å². The number of amides is 3. The molecule has 2 saturated heterocycles. The Morgan fingerprint density at radius 1 is 1.22 bits per heavy atom. The molecule has 0 radical (unpaired) electrons. The molecule has 4 rings (SSSR count). The standard InChI is InChI=1S/C19H22FN7O4S/c1-11(28)22-8-14-9-27(19(30)31-14)13-4-2-12(3-5-13)25-6-7-26(15(20)10-25)18-24-23-17(32-18)16(21)29/h2-5,14-15H,6-10H2,1H3,(H2,21,29)(H,22,28)/t14-,15?/m0/s1. The summed E-state index contributed by atoms with van der Waals surface area (Å²) in [5, 5.41) is 10.6. The summed E-state index contributed by atoms with van der Waals surface area (Å²) in [5.74, 6) is -0.874. The number of piperazine rings is 1. The van der Waals surface area contributed by atoms with E-state index in [0.717, 1.165) is 17.0 Å². The number of carbonyl (C=O) groups excluding carboxylic acids is 3. The van der Waals surface area contributed by atoms with Crippen molar-refractivity contribution in [2.24, 2.45) is 5.73 Å². The number of rotatable bonds is 6. The summed E-state index contributed by atoms with van der Waals surface area (Å²) in [6.45, 7) is 3.00. The number of anilines is 3. The van der Waals surface area contributed by atoms with E-state index in [-0.39, 0.29) is 24.0 Å². The van der Waals surface area contributed by atoms with E-state index in [9.17, 15) is 18.8 Å². The van der Waals surface area contributed by atoms with Crippen LogP contribution in [0.1, 0.15) is 16.7 Å². The average Bonchev–Trinajstić information content (AvgIpc) is 3.39. The van der Waals surface area contributed by atoms with Crippen LogP contribution in [0, 0.1) is 0 Å². The molecule has 1 unspecified atom stereocenters. The molecular weight excluding hydrogens is 441 g/mol. The van der Waals surface area contributed by atoms with E-state index in [2.05, 4.69) is 15.5 Å². The summed E-state index contributed by atoms with van der Waals surface area (Å²) < 4.78 is 20.1. The zero-order valence-corrected chi connectivity index (χ0v) is 18.0. The fourth-order valence-corrected chi connectivity index (χ4v) is 4.32. The van der Waals surface area contributed by atoms with Gasteiger partial charge in [0.1, 0.15) is 6.10 Å². The van der Waals surface area contributed by atoms with Crippen LogP contribution >= 0.6 is 11.3 Å². The quantitative estimate of drug-likeness (QED) is 0.599. The van der Waals surface area contributed by atoms with E-state index in [1.165, 1.54) is 16.7 Å². The molecule has 0 saturated carbocycles. The Kier molecular flexibility index (Phi) is 6.08. The molecule has 2 fully saturated rings. The number of benzene rings is 1. The molecule has 3 heterocycles. The molecule has 11 nitrogen and oxygen atoms in total. The van der Waals surface area contributed by atoms with Crippen LogP contribution in [0.15, 0.2) is 24.3 Å². The van der Waals surface area contributed by atoms with E-state index < -0.39 is 24.4 Å². The Balaban J connectivity index is 1.37. The highest BCUT2D eigenvalue weighted by atomic mass is 32.1. The molecule has 0 bridgehead atoms. The molecule has 0 spiro atoms. The van der Waals surface area contributed by atoms with Gasteiger partial charge < -0.3 is 25.6 Å². The highest BCUT2D eigenvalue weighted by Gasteiger charge is 2.33. The van der Waals surface area contributed by atoms with Crippen molar-refractivity contribution >= 4 is 45.8 Å². The monoisotopic (exact) mass is 463 g/mol. The third-order valence-corrected chi connectivity index (χ3v) is 6.15. The van der Waals surface area contributed by atoms with E-state index >= 15 is 0 Å². The predicted octanol–water partition coefficient (Wildman–Crippen LogP) is 0.720. The molecule has 2 atom stereocenters. The summed E-state index contributed by atoms with van der Waals surface area (Å²) in [4.78, 5) is 39.3. The second-order valence-corrected chi connectivity index (χ2v) is 8.35. The third-order valence-electron chi connectivity index (χ3n) is 5.17. The fraction of sp³-hybridized carbons (Fsp3) is 0.421. The normalized spacial score (nSPS) is 20.9. The van der Waals surface area contributed by atoms with Crippen molar-refractivity contribution < 1.29 is 23.5 Å². The van der Waals surface area contributed by atoms with E-state index in [1.54, 1.807) is 12.1 Å². The summed E-state index contributed by atoms with van der Waals surface area (Å²) in [7, 11) is 0. The van der Waals surface area contributed by atoms with Crippen molar-refractivity contribution in [2.45, 2.75) is 19.3 Å². The highest BCUT2D eigenvalue weighted by Crippen LogP contribution is 2.29. The summed E-state index contributed by atoms with van der Waals surface area (Å²) >= 11 is 0.968. The lowest BCUT2D eigenvalue weighted by Crippen LogP contribution is -2.51. The first kappa shape index (κ1) is 21.7. The van der Waals surface area contributed by atoms with Crippen molar-refractivity contribution in [3.63, 3.8) is 0 Å². The van der Waals surface area contributed by atoms with Gasteiger partial charge >= 0.3 is 6.09 Å². The number of primary amides is 1. The van der Waals surface area contributed by atoms with Gasteiger partial charge in [-0.05, 0) is 24.3 Å². The maximum Gasteiger partial charge on any atom is 0.414 e. The number of ether oxygens (including phenoxy) is 1. The summed E-state index contributed by atoms with van der Waals surface area (Å²) in [5.41, 5.74) is 6.66. The van der Waals surface area contributed by atoms with E-state index in [4.69, 9.17) is 10.5 Å². The third kappa shape index (κ3) is 4.56. The second-order valence-electron chi connectivity index (χ2n) is 7.40. The molecule has 3 N–H and O–H groups in total. The van der Waals surface area contributed by atoms with Crippen LogP contribution < -0.4 is 25.8 Å². The van der Waals surface area contributed by atoms with Crippen LogP contribution in [0.2, 0.25) is 0 Å². The molecule has 0 aliphatic carbocycles. The van der Waals surface area contributed by atoms with Crippen LogP contribution in [0.3, 0.4) is 0 Å². The first-order valence-corrected chi connectivity index (χ1v) is 10.7. The maximum absolute atomic E-state index is 14.8. The fourth-order valence-electron chi connectivity index (χ4n) is 3.56. The van der Waals surface area contributed by atoms with Gasteiger partial charge in [-0.2, -0.15) is 0 Å². The van der Waals surface area contributed by atoms with Gasteiger partial charge in [0.25, 0.3) is 5.91 Å². The number of nitrogens with one attached hydrogen (secondary N) is 1. The molecule has 3 amide bonds. The van der Waals surface area contributed by atoms with Gasteiger partial charge in [0, 0.05) is 31.4 Å². The largest absolute Gasteiger partial charge is 0.442 e. The molecule has 32 heavy (non-hydrogen) atoms. The van der Waals surface area contributed by atoms with E-state index in [0.29, 0.717) is 30.5 Å². The van der Waals surface area contributed by atoms with Crippen molar-refractivity contribution in [1.82, 2.24) is 15.5 Å². The number of hydrogen-bond acceptors (Lipinski definition) is 9. The van der Waals surface area contributed by atoms with E-state index in [1.807, 2.05) is 17.0 Å². The first-order chi connectivity index (χ1) is 15.3. The van der Waals surface area contributed by atoms with Gasteiger partial charge in [0.2, 0.25) is 16.0 Å². The van der Waals surface area contributed by atoms with Crippen LogP contribution in [-0.4, -0.2) is 73.2 Å². The molecule has 2 aliphatic rings. The SMILES string of the molecule is CC(=O)NC[C@H]1CN(c2ccc(N3CCN(c4nnc(C(N)=O)s4)C(F)C3)cc2)C(=O)O1. The minimum Gasteiger partial charge on any atom is -0.442 e. The topological polar surface area (TPSA) is 134 Å². The number of hydrogen-bond donors (Lipinski definition) is 2. The molecule has 1 aromatic heterocycles. The lowest BCUT2D eigenvalue weighted by Gasteiger charge is -2.38. The van der Waals surface area contributed by atoms with Gasteiger partial charge in [-0.25, -0.2) is 9.18 Å². The number of nitrogens with two attached hydrogens (primary N) is 1. The number of cyclic esters (lactones) is 1. The Bertz CT molecular complexity index is 1020. The number of alkyl halides is 1. The molecule has 2 aromatic rings. The predicted molar refractivity (Wildman–Crippen MR) is 116 cm³/mol. The molecule has 2 aliphatic heterocycles. The average molecular weight is 463 g/mol. The Labute approximate surface area is 186 Å². The Morgan fingerprint density at radius 3 is 2.56 bits per heavy atom. The minimum atomic E-state index is -1.33. The molecule has 13 heteroatoms. The second kappa shape index (κ2) is 8.94. The van der Waals surface area contributed by atoms with Gasteiger partial charge in [0.15, 0.2) is 6.30 Å². The van der Waals surface area contributed by atoms with Gasteiger partial charge in [-0.3, -0.25) is 14.5 Å². The number of aromatic nitrogens is 2. The van der Waals surface area contributed by atoms with Crippen molar-refractivity contribution in [2.75, 3.05) is 47.4 Å². The minimum absolute atomic E-state index is 0.0463. The molecule has 1 aromatic carbocycles. The maximum atomic E-state index is 14.8. The highest BCUT2D eigenvalue weighted by molar-refractivity contribution is 7.17. The van der Waals surface area contributed by atoms with Crippen LogP contribution in [0.25, 0.3) is 0 Å². The Morgan fingerprint density at radius 2 is 1.94 bits per heavy atom. The molecule has 170 valence electrons. The van der Waals surface area contributed by atoms with Crippen molar-refractivity contribution in [1.29, 1.82) is 0 Å². The number of carbonyl (C=O) groups is 3. The van der Waals surface area contributed by atoms with Gasteiger partial charge in [-0.15, -0.1) is 10.2 Å². The van der Waals surface area contributed by atoms with Crippen LogP contribution in [0.5, 0.6) is 0 Å². The first-order valence-electron chi connectivity index (χ1n) is 9.93. The number of nitrogens with zero attached hydrogens (tertiary/aromatic N) is 5. The van der Waals surface area contributed by atoms with Gasteiger partial charge in [0.05, 0.1) is 19.6 Å². The zero-order valence-electron chi connectivity index (χ0n) is 17.2. The van der Waals surface area contributed by atoms with Crippen LogP contribution in [-0.2, 0) is 9.53 Å². The van der Waals surface area contributed by atoms with Crippen molar-refractivity contribution in [3.8, 4) is 0 Å². The van der Waals surface area contributed by atoms with Gasteiger partial charge in [-0.1, -0.05) is 11.3 Å². The molecular formula is C19H22FN7O4S. The number of halogens is 1. The smallest absolute Gasteiger partial charge is 0.414 e. The summed E-state index contributed by atoms with van der Waals surface area (Å²) in [6, 6.07) is 7.20. The van der Waals surface area contributed by atoms with Crippen molar-refractivity contribution in [3.05, 3.63) is 29.3 Å². The lowest BCUT2D eigenvalue weighted by atomic mass is 10.2.